The standard InChI is InChI=1S/C24H20F2N2O6S/c1-24-18(21(30)32-3)19(13-6-4-5-7-14(13)34-24)28-20(29)17(35-23(28)27-24)11-12-8-9-15(33-22(25)26)16(10-12)31-2/h4-11,18-19,22H,1-3H3/b17-11-/t18-,19-,24+/m1/s1. The minimum absolute atomic E-state index is 0.0987. The van der Waals surface area contributed by atoms with E-state index in [0.717, 1.165) is 11.3 Å². The summed E-state index contributed by atoms with van der Waals surface area (Å²) in [7, 11) is 2.62. The van der Waals surface area contributed by atoms with Gasteiger partial charge in [-0.1, -0.05) is 35.6 Å². The Balaban J connectivity index is 1.69. The smallest absolute Gasteiger partial charge is 0.387 e. The minimum atomic E-state index is -3.00. The lowest BCUT2D eigenvalue weighted by Crippen LogP contribution is -2.58. The van der Waals surface area contributed by atoms with Crippen molar-refractivity contribution in [2.75, 3.05) is 14.2 Å². The van der Waals surface area contributed by atoms with Gasteiger partial charge in [-0.25, -0.2) is 4.99 Å². The van der Waals surface area contributed by atoms with Crippen molar-refractivity contribution in [1.29, 1.82) is 0 Å². The number of thiazole rings is 1. The molecule has 0 unspecified atom stereocenters. The van der Waals surface area contributed by atoms with Crippen molar-refractivity contribution in [3.63, 3.8) is 0 Å². The number of carbonyl (C=O) groups excluding carboxylic acids is 1. The lowest BCUT2D eigenvalue weighted by Gasteiger charge is -2.44. The normalized spacial score (nSPS) is 22.5. The molecule has 182 valence electrons. The number of carbonyl (C=O) groups is 1. The number of fused-ring (bicyclic) bond motifs is 6. The summed E-state index contributed by atoms with van der Waals surface area (Å²) in [6.45, 7) is -1.30. The summed E-state index contributed by atoms with van der Waals surface area (Å²) >= 11 is 1.14. The van der Waals surface area contributed by atoms with Gasteiger partial charge >= 0.3 is 12.6 Å². The fourth-order valence-corrected chi connectivity index (χ4v) is 5.65. The number of alkyl halides is 2. The van der Waals surface area contributed by atoms with Gasteiger partial charge in [0, 0.05) is 5.56 Å². The zero-order chi connectivity index (χ0) is 24.9. The maximum atomic E-state index is 13.6. The number of halogens is 2. The van der Waals surface area contributed by atoms with Crippen molar-refractivity contribution >= 4 is 23.4 Å². The van der Waals surface area contributed by atoms with E-state index < -0.39 is 30.3 Å². The summed E-state index contributed by atoms with van der Waals surface area (Å²) in [6.07, 6.45) is 1.61. The number of hydrogen-bond acceptors (Lipinski definition) is 8. The van der Waals surface area contributed by atoms with E-state index >= 15 is 0 Å². The number of methoxy groups -OCH3 is 2. The Hall–Kier alpha value is -3.73. The fourth-order valence-electron chi connectivity index (χ4n) is 4.55. The molecule has 0 N–H and O–H groups in total. The van der Waals surface area contributed by atoms with Crippen LogP contribution in [-0.2, 0) is 9.53 Å². The van der Waals surface area contributed by atoms with E-state index in [-0.39, 0.29) is 17.1 Å². The molecule has 3 heterocycles. The van der Waals surface area contributed by atoms with E-state index in [2.05, 4.69) is 9.73 Å². The molecule has 0 radical (unpaired) electrons. The van der Waals surface area contributed by atoms with Crippen LogP contribution in [0.2, 0.25) is 0 Å². The van der Waals surface area contributed by atoms with Crippen molar-refractivity contribution in [3.8, 4) is 17.2 Å². The molecule has 2 aliphatic heterocycles. The van der Waals surface area contributed by atoms with E-state index in [1.807, 2.05) is 18.2 Å². The van der Waals surface area contributed by atoms with E-state index in [9.17, 15) is 18.4 Å². The maximum absolute atomic E-state index is 13.6. The van der Waals surface area contributed by atoms with E-state index in [0.29, 0.717) is 26.2 Å². The number of aromatic nitrogens is 1. The molecule has 2 bridgehead atoms. The predicted octanol–water partition coefficient (Wildman–Crippen LogP) is 2.47. The van der Waals surface area contributed by atoms with Gasteiger partial charge in [-0.15, -0.1) is 0 Å². The second kappa shape index (κ2) is 8.49. The number of benzene rings is 2. The van der Waals surface area contributed by atoms with Gasteiger partial charge in [0.2, 0.25) is 5.72 Å². The summed E-state index contributed by atoms with van der Waals surface area (Å²) in [5.74, 6) is -0.891. The van der Waals surface area contributed by atoms with Gasteiger partial charge in [0.25, 0.3) is 5.56 Å². The first-order valence-corrected chi connectivity index (χ1v) is 11.4. The second-order valence-corrected chi connectivity index (χ2v) is 9.12. The summed E-state index contributed by atoms with van der Waals surface area (Å²) in [5.41, 5.74) is -0.399. The van der Waals surface area contributed by atoms with Crippen LogP contribution in [0.1, 0.15) is 24.1 Å². The monoisotopic (exact) mass is 502 g/mol. The molecule has 2 aliphatic rings. The highest BCUT2D eigenvalue weighted by atomic mass is 32.1. The van der Waals surface area contributed by atoms with Crippen LogP contribution in [0.15, 0.2) is 52.3 Å². The highest BCUT2D eigenvalue weighted by molar-refractivity contribution is 7.07. The topological polar surface area (TPSA) is 88.4 Å². The van der Waals surface area contributed by atoms with Crippen molar-refractivity contribution in [2.24, 2.45) is 10.9 Å². The molecule has 0 saturated heterocycles. The molecule has 8 nitrogen and oxygen atoms in total. The van der Waals surface area contributed by atoms with E-state index in [1.165, 1.54) is 37.0 Å². The number of hydrogen-bond donors (Lipinski definition) is 0. The molecule has 0 amide bonds. The van der Waals surface area contributed by atoms with Gasteiger partial charge in [-0.05, 0) is 36.8 Å². The largest absolute Gasteiger partial charge is 0.493 e. The molecule has 0 fully saturated rings. The van der Waals surface area contributed by atoms with Crippen LogP contribution >= 0.6 is 11.3 Å². The average molecular weight is 502 g/mol. The predicted molar refractivity (Wildman–Crippen MR) is 122 cm³/mol. The lowest BCUT2D eigenvalue weighted by molar-refractivity contribution is -0.158. The van der Waals surface area contributed by atoms with Crippen LogP contribution in [0.3, 0.4) is 0 Å². The first-order chi connectivity index (χ1) is 16.8. The quantitative estimate of drug-likeness (QED) is 0.498. The van der Waals surface area contributed by atoms with Gasteiger partial charge < -0.3 is 18.9 Å². The average Bonchev–Trinajstić information content (AvgIpc) is 3.11. The summed E-state index contributed by atoms with van der Waals surface area (Å²) in [4.78, 5) is 31.5. The molecule has 5 rings (SSSR count). The molecule has 0 saturated carbocycles. The molecule has 35 heavy (non-hydrogen) atoms. The Morgan fingerprint density at radius 2 is 2.00 bits per heavy atom. The Morgan fingerprint density at radius 3 is 2.71 bits per heavy atom. The van der Waals surface area contributed by atoms with Crippen LogP contribution in [0.4, 0.5) is 8.78 Å². The Morgan fingerprint density at radius 1 is 1.23 bits per heavy atom. The molecule has 0 aliphatic carbocycles. The summed E-state index contributed by atoms with van der Waals surface area (Å²) < 4.78 is 47.9. The van der Waals surface area contributed by atoms with Crippen molar-refractivity contribution in [1.82, 2.24) is 4.57 Å². The van der Waals surface area contributed by atoms with Gasteiger partial charge in [0.05, 0.1) is 24.8 Å². The molecule has 3 aromatic rings. The first kappa shape index (κ1) is 23.0. The van der Waals surface area contributed by atoms with Crippen molar-refractivity contribution in [2.45, 2.75) is 25.3 Å². The van der Waals surface area contributed by atoms with Gasteiger partial charge in [-0.2, -0.15) is 8.78 Å². The van der Waals surface area contributed by atoms with Crippen LogP contribution in [0, 0.1) is 5.92 Å². The molecular weight excluding hydrogens is 482 g/mol. The van der Waals surface area contributed by atoms with Gasteiger partial charge in [0.1, 0.15) is 11.7 Å². The van der Waals surface area contributed by atoms with Gasteiger partial charge in [0.15, 0.2) is 16.3 Å². The Labute approximate surface area is 201 Å². The molecule has 3 atom stereocenters. The fraction of sp³-hybridized carbons (Fsp3) is 0.292. The van der Waals surface area contributed by atoms with Crippen molar-refractivity contribution < 1.29 is 32.5 Å². The van der Waals surface area contributed by atoms with Crippen LogP contribution in [0.25, 0.3) is 6.08 Å². The molecule has 2 aromatic carbocycles. The number of esters is 1. The number of rotatable bonds is 5. The number of para-hydroxylation sites is 1. The number of ether oxygens (including phenoxy) is 4. The van der Waals surface area contributed by atoms with Crippen LogP contribution < -0.4 is 29.1 Å². The highest BCUT2D eigenvalue weighted by Crippen LogP contribution is 2.47. The summed E-state index contributed by atoms with van der Waals surface area (Å²) in [5, 5.41) is 0. The van der Waals surface area contributed by atoms with Crippen LogP contribution in [-0.4, -0.2) is 37.1 Å². The SMILES string of the molecule is COC(=O)[C@H]1[C@H]2c3ccccc3O[C@]1(C)N=c1s/c(=C\c3ccc(OC(F)F)c(OC)c3)c(=O)n12. The molecular formula is C24H20F2N2O6S. The van der Waals surface area contributed by atoms with E-state index in [1.54, 1.807) is 19.1 Å². The Bertz CT molecular complexity index is 1500. The highest BCUT2D eigenvalue weighted by Gasteiger charge is 2.55. The maximum Gasteiger partial charge on any atom is 0.387 e. The molecule has 1 aromatic heterocycles. The minimum Gasteiger partial charge on any atom is -0.493 e. The van der Waals surface area contributed by atoms with E-state index in [4.69, 9.17) is 14.2 Å². The molecule has 0 spiro atoms. The van der Waals surface area contributed by atoms with Crippen LogP contribution in [0.5, 0.6) is 17.2 Å². The number of nitrogens with zero attached hydrogens (tertiary/aromatic N) is 2. The lowest BCUT2D eigenvalue weighted by atomic mass is 9.81. The second-order valence-electron chi connectivity index (χ2n) is 8.11. The zero-order valence-corrected chi connectivity index (χ0v) is 19.7. The summed E-state index contributed by atoms with van der Waals surface area (Å²) in [6, 6.07) is 10.9. The third-order valence-corrected chi connectivity index (χ3v) is 7.02. The third kappa shape index (κ3) is 3.75. The Kier molecular flexibility index (Phi) is 5.59. The third-order valence-electron chi connectivity index (χ3n) is 6.04. The van der Waals surface area contributed by atoms with Gasteiger partial charge in [-0.3, -0.25) is 14.2 Å². The first-order valence-electron chi connectivity index (χ1n) is 10.6. The van der Waals surface area contributed by atoms with Crippen molar-refractivity contribution in [3.05, 3.63) is 73.3 Å². The zero-order valence-electron chi connectivity index (χ0n) is 18.9. The molecule has 11 heteroatoms.